The minimum Gasteiger partial charge on any atom is -0.349 e. The van der Waals surface area contributed by atoms with Gasteiger partial charge >= 0.3 is 0 Å². The third kappa shape index (κ3) is 3.06. The zero-order valence-corrected chi connectivity index (χ0v) is 11.5. The second kappa shape index (κ2) is 5.63. The molecule has 0 radical (unpaired) electrons. The summed E-state index contributed by atoms with van der Waals surface area (Å²) in [4.78, 5) is 16.1. The second-order valence-corrected chi connectivity index (χ2v) is 5.40. The first-order valence-corrected chi connectivity index (χ1v) is 6.89. The minimum atomic E-state index is -0.0376. The van der Waals surface area contributed by atoms with Crippen LogP contribution >= 0.6 is 15.9 Å². The van der Waals surface area contributed by atoms with Gasteiger partial charge < -0.3 is 5.32 Å². The average molecular weight is 297 g/mol. The van der Waals surface area contributed by atoms with Crippen molar-refractivity contribution in [1.82, 2.24) is 10.3 Å². The van der Waals surface area contributed by atoms with E-state index in [9.17, 15) is 4.79 Å². The molecule has 1 aliphatic rings. The number of carbonyl (C=O) groups is 1. The lowest BCUT2D eigenvalue weighted by atomic mass is 9.99. The Morgan fingerprint density at radius 2 is 2.24 bits per heavy atom. The van der Waals surface area contributed by atoms with Crippen LogP contribution in [0.4, 0.5) is 0 Å². The Kier molecular flexibility index (Phi) is 4.15. The van der Waals surface area contributed by atoms with Gasteiger partial charge in [-0.15, -0.1) is 0 Å². The summed E-state index contributed by atoms with van der Waals surface area (Å²) in [6, 6.07) is 3.81. The molecule has 1 heterocycles. The Morgan fingerprint density at radius 1 is 1.53 bits per heavy atom. The maximum atomic E-state index is 12.1. The molecule has 1 N–H and O–H groups in total. The molecule has 92 valence electrons. The molecular formula is C13H17BrN2O. The van der Waals surface area contributed by atoms with E-state index in [1.807, 2.05) is 0 Å². The average Bonchev–Trinajstić information content (AvgIpc) is 2.82. The molecule has 1 saturated carbocycles. The van der Waals surface area contributed by atoms with Crippen LogP contribution in [0.2, 0.25) is 0 Å². The lowest BCUT2D eigenvalue weighted by Crippen LogP contribution is -2.37. The summed E-state index contributed by atoms with van der Waals surface area (Å²) < 4.78 is 0.608. The standard InChI is InChI=1S/C13H17BrN2O/c1-9(10-5-2-3-6-10)16-13(17)11-7-4-8-15-12(11)14/h4,7-10H,2-3,5-6H2,1H3,(H,16,17). The SMILES string of the molecule is CC(NC(=O)c1cccnc1Br)C1CCCC1. The summed E-state index contributed by atoms with van der Waals surface area (Å²) in [6.45, 7) is 2.10. The summed E-state index contributed by atoms with van der Waals surface area (Å²) in [5.74, 6) is 0.596. The molecule has 2 rings (SSSR count). The van der Waals surface area contributed by atoms with E-state index in [0.29, 0.717) is 16.1 Å². The maximum Gasteiger partial charge on any atom is 0.254 e. The summed E-state index contributed by atoms with van der Waals surface area (Å²) in [5, 5.41) is 3.07. The van der Waals surface area contributed by atoms with Gasteiger partial charge in [-0.25, -0.2) is 4.98 Å². The predicted octanol–water partition coefficient (Wildman–Crippen LogP) is 3.15. The number of hydrogen-bond donors (Lipinski definition) is 1. The molecule has 0 bridgehead atoms. The first-order valence-electron chi connectivity index (χ1n) is 6.10. The molecule has 0 saturated heterocycles. The van der Waals surface area contributed by atoms with Gasteiger partial charge in [0, 0.05) is 12.2 Å². The fourth-order valence-corrected chi connectivity index (χ4v) is 2.85. The molecule has 0 aromatic carbocycles. The van der Waals surface area contributed by atoms with Crippen molar-refractivity contribution < 1.29 is 4.79 Å². The van der Waals surface area contributed by atoms with Crippen LogP contribution in [0.5, 0.6) is 0 Å². The van der Waals surface area contributed by atoms with Gasteiger partial charge in [0.25, 0.3) is 5.91 Å². The van der Waals surface area contributed by atoms with E-state index >= 15 is 0 Å². The van der Waals surface area contributed by atoms with Crippen LogP contribution in [0.25, 0.3) is 0 Å². The van der Waals surface area contributed by atoms with Crippen molar-refractivity contribution in [2.45, 2.75) is 38.6 Å². The van der Waals surface area contributed by atoms with Crippen molar-refractivity contribution in [1.29, 1.82) is 0 Å². The molecule has 3 nitrogen and oxygen atoms in total. The molecule has 1 atom stereocenters. The fourth-order valence-electron chi connectivity index (χ4n) is 2.42. The largest absolute Gasteiger partial charge is 0.349 e. The van der Waals surface area contributed by atoms with E-state index in [1.54, 1.807) is 18.3 Å². The Balaban J connectivity index is 1.99. The van der Waals surface area contributed by atoms with Gasteiger partial charge in [0.15, 0.2) is 0 Å². The highest BCUT2D eigenvalue weighted by molar-refractivity contribution is 9.10. The molecule has 0 spiro atoms. The van der Waals surface area contributed by atoms with Gasteiger partial charge in [0.05, 0.1) is 5.56 Å². The Hall–Kier alpha value is -0.900. The lowest BCUT2D eigenvalue weighted by Gasteiger charge is -2.20. The number of carbonyl (C=O) groups excluding carboxylic acids is 1. The van der Waals surface area contributed by atoms with Crippen molar-refractivity contribution in [2.24, 2.45) is 5.92 Å². The van der Waals surface area contributed by atoms with E-state index in [0.717, 1.165) is 0 Å². The van der Waals surface area contributed by atoms with Crippen molar-refractivity contribution in [3.05, 3.63) is 28.5 Å². The quantitative estimate of drug-likeness (QED) is 0.871. The van der Waals surface area contributed by atoms with Crippen molar-refractivity contribution >= 4 is 21.8 Å². The normalized spacial score (nSPS) is 18.0. The highest BCUT2D eigenvalue weighted by atomic mass is 79.9. The lowest BCUT2D eigenvalue weighted by molar-refractivity contribution is 0.0926. The van der Waals surface area contributed by atoms with Crippen LogP contribution in [0.1, 0.15) is 43.0 Å². The molecule has 1 amide bonds. The zero-order valence-electron chi connectivity index (χ0n) is 9.95. The first kappa shape index (κ1) is 12.6. The van der Waals surface area contributed by atoms with E-state index in [2.05, 4.69) is 33.2 Å². The van der Waals surface area contributed by atoms with E-state index in [1.165, 1.54) is 25.7 Å². The topological polar surface area (TPSA) is 42.0 Å². The van der Waals surface area contributed by atoms with Gasteiger partial charge in [0.2, 0.25) is 0 Å². The van der Waals surface area contributed by atoms with Crippen LogP contribution < -0.4 is 5.32 Å². The number of nitrogens with zero attached hydrogens (tertiary/aromatic N) is 1. The number of halogens is 1. The molecular weight excluding hydrogens is 280 g/mol. The van der Waals surface area contributed by atoms with Crippen molar-refractivity contribution in [3.63, 3.8) is 0 Å². The van der Waals surface area contributed by atoms with Gasteiger partial charge in [-0.2, -0.15) is 0 Å². The predicted molar refractivity (Wildman–Crippen MR) is 70.8 cm³/mol. The van der Waals surface area contributed by atoms with Crippen LogP contribution in [0, 0.1) is 5.92 Å². The molecule has 1 aromatic rings. The van der Waals surface area contributed by atoms with Gasteiger partial charge in [0.1, 0.15) is 4.60 Å². The number of aromatic nitrogens is 1. The first-order chi connectivity index (χ1) is 8.18. The molecule has 1 aliphatic carbocycles. The smallest absolute Gasteiger partial charge is 0.254 e. The van der Waals surface area contributed by atoms with Crippen molar-refractivity contribution in [3.8, 4) is 0 Å². The van der Waals surface area contributed by atoms with Crippen molar-refractivity contribution in [2.75, 3.05) is 0 Å². The molecule has 4 heteroatoms. The fraction of sp³-hybridized carbons (Fsp3) is 0.538. The number of rotatable bonds is 3. The molecule has 1 fully saturated rings. The van der Waals surface area contributed by atoms with Crippen LogP contribution in [0.15, 0.2) is 22.9 Å². The van der Waals surface area contributed by atoms with Crippen LogP contribution in [-0.4, -0.2) is 16.9 Å². The summed E-state index contributed by atoms with van der Waals surface area (Å²) in [7, 11) is 0. The molecule has 1 unspecified atom stereocenters. The van der Waals surface area contributed by atoms with Crippen LogP contribution in [0.3, 0.4) is 0 Å². The Morgan fingerprint density at radius 3 is 2.88 bits per heavy atom. The highest BCUT2D eigenvalue weighted by Crippen LogP contribution is 2.27. The number of pyridine rings is 1. The molecule has 17 heavy (non-hydrogen) atoms. The molecule has 1 aromatic heterocycles. The highest BCUT2D eigenvalue weighted by Gasteiger charge is 2.23. The number of amides is 1. The maximum absolute atomic E-state index is 12.1. The second-order valence-electron chi connectivity index (χ2n) is 4.65. The third-order valence-corrected chi connectivity index (χ3v) is 4.10. The van der Waals surface area contributed by atoms with Gasteiger partial charge in [-0.1, -0.05) is 12.8 Å². The minimum absolute atomic E-state index is 0.0376. The van der Waals surface area contributed by atoms with E-state index < -0.39 is 0 Å². The third-order valence-electron chi connectivity index (χ3n) is 3.47. The van der Waals surface area contributed by atoms with Crippen LogP contribution in [-0.2, 0) is 0 Å². The monoisotopic (exact) mass is 296 g/mol. The number of nitrogens with one attached hydrogen (secondary N) is 1. The summed E-state index contributed by atoms with van der Waals surface area (Å²) in [5.41, 5.74) is 0.609. The Bertz CT molecular complexity index is 402. The summed E-state index contributed by atoms with van der Waals surface area (Å²) >= 11 is 3.30. The zero-order chi connectivity index (χ0) is 12.3. The van der Waals surface area contributed by atoms with Gasteiger partial charge in [-0.05, 0) is 53.7 Å². The summed E-state index contributed by atoms with van der Waals surface area (Å²) in [6.07, 6.45) is 6.72. The molecule has 0 aliphatic heterocycles. The van der Waals surface area contributed by atoms with Gasteiger partial charge in [-0.3, -0.25) is 4.79 Å². The van der Waals surface area contributed by atoms with E-state index in [4.69, 9.17) is 0 Å². The Labute approximate surface area is 110 Å². The van der Waals surface area contributed by atoms with E-state index in [-0.39, 0.29) is 11.9 Å². The number of hydrogen-bond acceptors (Lipinski definition) is 2.